The lowest BCUT2D eigenvalue weighted by Crippen LogP contribution is -2.19. The largest absolute Gasteiger partial charge is 0.480 e. The molecule has 4 nitrogen and oxygen atoms in total. The SMILES string of the molecule is CCN(c1cccc(F)c1)c1ncc(Br)c(OC)n1. The van der Waals surface area contributed by atoms with Crippen LogP contribution in [0.15, 0.2) is 34.9 Å². The van der Waals surface area contributed by atoms with E-state index in [1.54, 1.807) is 17.2 Å². The van der Waals surface area contributed by atoms with E-state index in [9.17, 15) is 4.39 Å². The zero-order chi connectivity index (χ0) is 13.8. The monoisotopic (exact) mass is 325 g/mol. The van der Waals surface area contributed by atoms with Crippen molar-refractivity contribution in [3.63, 3.8) is 0 Å². The van der Waals surface area contributed by atoms with Gasteiger partial charge in [0.2, 0.25) is 11.8 Å². The summed E-state index contributed by atoms with van der Waals surface area (Å²) in [6.07, 6.45) is 1.61. The molecule has 0 aliphatic rings. The minimum absolute atomic E-state index is 0.292. The summed E-state index contributed by atoms with van der Waals surface area (Å²) < 4.78 is 19.1. The Hall–Kier alpha value is -1.69. The molecule has 100 valence electrons. The summed E-state index contributed by atoms with van der Waals surface area (Å²) in [5.41, 5.74) is 0.701. The van der Waals surface area contributed by atoms with E-state index in [0.29, 0.717) is 28.5 Å². The molecule has 0 bridgehead atoms. The average Bonchev–Trinajstić information content (AvgIpc) is 2.41. The van der Waals surface area contributed by atoms with Gasteiger partial charge in [-0.3, -0.25) is 0 Å². The van der Waals surface area contributed by atoms with Crippen LogP contribution in [0.3, 0.4) is 0 Å². The Bertz CT molecular complexity index is 580. The predicted molar refractivity (Wildman–Crippen MR) is 75.4 cm³/mol. The average molecular weight is 326 g/mol. The van der Waals surface area contributed by atoms with Gasteiger partial charge >= 0.3 is 0 Å². The molecule has 0 N–H and O–H groups in total. The van der Waals surface area contributed by atoms with Crippen LogP contribution in [0.25, 0.3) is 0 Å². The fourth-order valence-electron chi connectivity index (χ4n) is 1.70. The molecule has 0 fully saturated rings. The third kappa shape index (κ3) is 3.01. The van der Waals surface area contributed by atoms with Crippen LogP contribution in [-0.2, 0) is 0 Å². The molecule has 0 saturated carbocycles. The summed E-state index contributed by atoms with van der Waals surface area (Å²) in [7, 11) is 1.54. The molecule has 0 saturated heterocycles. The number of nitrogens with zero attached hydrogens (tertiary/aromatic N) is 3. The van der Waals surface area contributed by atoms with Crippen molar-refractivity contribution >= 4 is 27.6 Å². The maximum atomic E-state index is 13.3. The standard InChI is InChI=1S/C13H13BrFN3O/c1-3-18(10-6-4-5-9(15)7-10)13-16-8-11(14)12(17-13)19-2/h4-8H,3H2,1-2H3. The van der Waals surface area contributed by atoms with E-state index < -0.39 is 0 Å². The third-order valence-electron chi connectivity index (χ3n) is 2.57. The molecule has 2 rings (SSSR count). The van der Waals surface area contributed by atoms with Crippen molar-refractivity contribution in [2.24, 2.45) is 0 Å². The van der Waals surface area contributed by atoms with Gasteiger partial charge in [-0.2, -0.15) is 4.98 Å². The summed E-state index contributed by atoms with van der Waals surface area (Å²) >= 11 is 3.30. The number of benzene rings is 1. The van der Waals surface area contributed by atoms with Gasteiger partial charge in [-0.25, -0.2) is 9.37 Å². The molecule has 0 spiro atoms. The smallest absolute Gasteiger partial charge is 0.233 e. The minimum Gasteiger partial charge on any atom is -0.480 e. The van der Waals surface area contributed by atoms with Gasteiger partial charge in [0.1, 0.15) is 5.82 Å². The Morgan fingerprint density at radius 1 is 1.42 bits per heavy atom. The predicted octanol–water partition coefficient (Wildman–Crippen LogP) is 3.54. The number of aromatic nitrogens is 2. The van der Waals surface area contributed by atoms with Gasteiger partial charge in [0, 0.05) is 12.2 Å². The highest BCUT2D eigenvalue weighted by Gasteiger charge is 2.13. The quantitative estimate of drug-likeness (QED) is 0.861. The molecule has 0 amide bonds. The Kier molecular flexibility index (Phi) is 4.31. The van der Waals surface area contributed by atoms with Crippen LogP contribution in [-0.4, -0.2) is 23.6 Å². The van der Waals surface area contributed by atoms with Crippen LogP contribution in [0, 0.1) is 5.82 Å². The van der Waals surface area contributed by atoms with E-state index in [0.717, 1.165) is 0 Å². The highest BCUT2D eigenvalue weighted by Crippen LogP contribution is 2.27. The Labute approximate surface area is 119 Å². The van der Waals surface area contributed by atoms with Crippen molar-refractivity contribution in [3.8, 4) is 5.88 Å². The van der Waals surface area contributed by atoms with Gasteiger partial charge in [0.25, 0.3) is 0 Å². The van der Waals surface area contributed by atoms with Crippen LogP contribution >= 0.6 is 15.9 Å². The number of rotatable bonds is 4. The maximum Gasteiger partial charge on any atom is 0.233 e. The fraction of sp³-hybridized carbons (Fsp3) is 0.231. The van der Waals surface area contributed by atoms with E-state index in [1.165, 1.54) is 19.2 Å². The lowest BCUT2D eigenvalue weighted by molar-refractivity contribution is 0.394. The van der Waals surface area contributed by atoms with Gasteiger partial charge < -0.3 is 9.64 Å². The lowest BCUT2D eigenvalue weighted by atomic mass is 10.3. The fourth-order valence-corrected chi connectivity index (χ4v) is 2.05. The Morgan fingerprint density at radius 3 is 2.84 bits per heavy atom. The van der Waals surface area contributed by atoms with Gasteiger partial charge in [0.05, 0.1) is 17.8 Å². The number of anilines is 2. The summed E-state index contributed by atoms with van der Waals surface area (Å²) in [5, 5.41) is 0. The summed E-state index contributed by atoms with van der Waals surface area (Å²) in [4.78, 5) is 10.3. The van der Waals surface area contributed by atoms with Crippen molar-refractivity contribution in [1.29, 1.82) is 0 Å². The highest BCUT2D eigenvalue weighted by atomic mass is 79.9. The maximum absolute atomic E-state index is 13.3. The van der Waals surface area contributed by atoms with Crippen LogP contribution in [0.1, 0.15) is 6.92 Å². The molecule has 0 aliphatic heterocycles. The minimum atomic E-state index is -0.292. The van der Waals surface area contributed by atoms with Crippen LogP contribution < -0.4 is 9.64 Å². The number of hydrogen-bond acceptors (Lipinski definition) is 4. The third-order valence-corrected chi connectivity index (χ3v) is 3.11. The van der Waals surface area contributed by atoms with E-state index in [2.05, 4.69) is 25.9 Å². The molecule has 19 heavy (non-hydrogen) atoms. The second-order valence-corrected chi connectivity index (χ2v) is 4.61. The Balaban J connectivity index is 2.42. The Morgan fingerprint density at radius 2 is 2.21 bits per heavy atom. The van der Waals surface area contributed by atoms with Crippen molar-refractivity contribution in [3.05, 3.63) is 40.8 Å². The molecule has 0 atom stereocenters. The molecule has 0 radical (unpaired) electrons. The number of methoxy groups -OCH3 is 1. The van der Waals surface area contributed by atoms with Crippen molar-refractivity contribution in [1.82, 2.24) is 9.97 Å². The first kappa shape index (κ1) is 13.7. The second-order valence-electron chi connectivity index (χ2n) is 3.75. The number of hydrogen-bond donors (Lipinski definition) is 0. The summed E-state index contributed by atoms with van der Waals surface area (Å²) in [6, 6.07) is 6.32. The molecule has 0 aliphatic carbocycles. The van der Waals surface area contributed by atoms with E-state index in [4.69, 9.17) is 4.74 Å². The first-order valence-electron chi connectivity index (χ1n) is 5.75. The van der Waals surface area contributed by atoms with E-state index in [1.807, 2.05) is 13.0 Å². The molecule has 1 aromatic carbocycles. The van der Waals surface area contributed by atoms with Crippen molar-refractivity contribution in [2.75, 3.05) is 18.6 Å². The normalized spacial score (nSPS) is 10.3. The van der Waals surface area contributed by atoms with Crippen LogP contribution in [0.5, 0.6) is 5.88 Å². The zero-order valence-corrected chi connectivity index (χ0v) is 12.2. The van der Waals surface area contributed by atoms with Crippen molar-refractivity contribution in [2.45, 2.75) is 6.92 Å². The molecular formula is C13H13BrFN3O. The molecule has 1 heterocycles. The summed E-state index contributed by atoms with van der Waals surface area (Å²) in [6.45, 7) is 2.57. The lowest BCUT2D eigenvalue weighted by Gasteiger charge is -2.21. The van der Waals surface area contributed by atoms with Gasteiger partial charge in [-0.1, -0.05) is 6.07 Å². The molecule has 0 unspecified atom stereocenters. The van der Waals surface area contributed by atoms with E-state index in [-0.39, 0.29) is 5.82 Å². The van der Waals surface area contributed by atoms with Crippen LogP contribution in [0.2, 0.25) is 0 Å². The summed E-state index contributed by atoms with van der Waals surface area (Å²) in [5.74, 6) is 0.619. The van der Waals surface area contributed by atoms with Crippen molar-refractivity contribution < 1.29 is 9.13 Å². The topological polar surface area (TPSA) is 38.2 Å². The van der Waals surface area contributed by atoms with Gasteiger partial charge in [0.15, 0.2) is 0 Å². The zero-order valence-electron chi connectivity index (χ0n) is 10.6. The molecule has 6 heteroatoms. The molecule has 1 aromatic heterocycles. The second kappa shape index (κ2) is 5.97. The first-order chi connectivity index (χ1) is 9.15. The number of ether oxygens (including phenoxy) is 1. The van der Waals surface area contributed by atoms with Crippen LogP contribution in [0.4, 0.5) is 16.0 Å². The van der Waals surface area contributed by atoms with Gasteiger partial charge in [-0.05, 0) is 41.1 Å². The first-order valence-corrected chi connectivity index (χ1v) is 6.54. The highest BCUT2D eigenvalue weighted by molar-refractivity contribution is 9.10. The van der Waals surface area contributed by atoms with Gasteiger partial charge in [-0.15, -0.1) is 0 Å². The number of halogens is 2. The van der Waals surface area contributed by atoms with E-state index >= 15 is 0 Å². The molecular weight excluding hydrogens is 313 g/mol. The molecule has 2 aromatic rings.